The number of ether oxygens (including phenoxy) is 1. The van der Waals surface area contributed by atoms with E-state index in [1.165, 1.54) is 0 Å². The maximum absolute atomic E-state index is 12.0. The molecule has 2 rings (SSSR count). The fourth-order valence-electron chi connectivity index (χ4n) is 2.29. The molecule has 0 aromatic carbocycles. The van der Waals surface area contributed by atoms with Crippen molar-refractivity contribution in [3.63, 3.8) is 0 Å². The lowest BCUT2D eigenvalue weighted by Crippen LogP contribution is -2.30. The Hall–Kier alpha value is -1.69. The zero-order valence-electron chi connectivity index (χ0n) is 12.0. The van der Waals surface area contributed by atoms with Crippen LogP contribution in [0.5, 0.6) is 0 Å². The number of anilines is 1. The van der Waals surface area contributed by atoms with Crippen molar-refractivity contribution in [3.05, 3.63) is 21.7 Å². The predicted molar refractivity (Wildman–Crippen MR) is 78.7 cm³/mol. The van der Waals surface area contributed by atoms with Crippen LogP contribution in [0.15, 0.2) is 4.79 Å². The van der Waals surface area contributed by atoms with Crippen molar-refractivity contribution in [2.75, 3.05) is 18.5 Å². The van der Waals surface area contributed by atoms with Crippen molar-refractivity contribution in [1.29, 1.82) is 5.41 Å². The van der Waals surface area contributed by atoms with Crippen molar-refractivity contribution in [2.45, 2.75) is 39.2 Å². The first-order chi connectivity index (χ1) is 9.60. The molecule has 1 saturated heterocycles. The number of nitrogens with one attached hydrogen (secondary N) is 3. The fraction of sp³-hybridized carbons (Fsp3) is 0.643. The Balaban J connectivity index is 2.25. The molecule has 1 aliphatic heterocycles. The van der Waals surface area contributed by atoms with Crippen molar-refractivity contribution in [2.24, 2.45) is 5.92 Å². The Morgan fingerprint density at radius 1 is 1.50 bits per heavy atom. The van der Waals surface area contributed by atoms with E-state index in [1.807, 2.05) is 0 Å². The Morgan fingerprint density at radius 2 is 2.20 bits per heavy atom. The van der Waals surface area contributed by atoms with E-state index in [2.05, 4.69) is 29.1 Å². The van der Waals surface area contributed by atoms with Gasteiger partial charge in [0.2, 0.25) is 0 Å². The number of H-pyrrole nitrogens is 1. The summed E-state index contributed by atoms with van der Waals surface area (Å²) in [5, 5.41) is 10.7. The molecule has 0 aliphatic carbocycles. The molecular weight excluding hydrogens is 256 g/mol. The van der Waals surface area contributed by atoms with Crippen molar-refractivity contribution in [3.8, 4) is 0 Å². The summed E-state index contributed by atoms with van der Waals surface area (Å²) in [4.78, 5) is 19.2. The van der Waals surface area contributed by atoms with Gasteiger partial charge in [-0.1, -0.05) is 13.8 Å². The van der Waals surface area contributed by atoms with Gasteiger partial charge in [0.25, 0.3) is 5.56 Å². The van der Waals surface area contributed by atoms with Gasteiger partial charge in [-0.2, -0.15) is 0 Å². The van der Waals surface area contributed by atoms with Gasteiger partial charge in [0.05, 0.1) is 5.56 Å². The standard InChI is InChI=1S/C14H22N4O2/c1-9(2)7-12-17-13(11(8-15)14(19)18-12)16-10-3-5-20-6-4-10/h8-10,15H,3-7H2,1-2H3,(H2,16,17,18,19). The highest BCUT2D eigenvalue weighted by Gasteiger charge is 2.17. The van der Waals surface area contributed by atoms with E-state index in [-0.39, 0.29) is 11.6 Å². The summed E-state index contributed by atoms with van der Waals surface area (Å²) in [6.07, 6.45) is 3.57. The Labute approximate surface area is 118 Å². The first-order valence-corrected chi connectivity index (χ1v) is 7.08. The van der Waals surface area contributed by atoms with Crippen LogP contribution in [-0.4, -0.2) is 35.4 Å². The van der Waals surface area contributed by atoms with Gasteiger partial charge >= 0.3 is 0 Å². The molecule has 0 saturated carbocycles. The van der Waals surface area contributed by atoms with Crippen LogP contribution in [0.2, 0.25) is 0 Å². The summed E-state index contributed by atoms with van der Waals surface area (Å²) >= 11 is 0. The minimum absolute atomic E-state index is 0.250. The summed E-state index contributed by atoms with van der Waals surface area (Å²) in [6, 6.07) is 0.253. The van der Waals surface area contributed by atoms with Crippen molar-refractivity contribution < 1.29 is 4.74 Å². The smallest absolute Gasteiger partial charge is 0.261 e. The minimum Gasteiger partial charge on any atom is -0.381 e. The van der Waals surface area contributed by atoms with E-state index in [4.69, 9.17) is 10.1 Å². The maximum Gasteiger partial charge on any atom is 0.261 e. The van der Waals surface area contributed by atoms with Crippen LogP contribution in [-0.2, 0) is 11.2 Å². The average Bonchev–Trinajstić information content (AvgIpc) is 2.39. The zero-order valence-corrected chi connectivity index (χ0v) is 12.0. The molecule has 0 radical (unpaired) electrons. The quantitative estimate of drug-likeness (QED) is 0.713. The highest BCUT2D eigenvalue weighted by Crippen LogP contribution is 2.15. The molecule has 1 aromatic heterocycles. The first kappa shape index (κ1) is 14.7. The van der Waals surface area contributed by atoms with Gasteiger partial charge in [0, 0.05) is 31.9 Å². The summed E-state index contributed by atoms with van der Waals surface area (Å²) < 4.78 is 5.32. The minimum atomic E-state index is -0.250. The molecule has 0 bridgehead atoms. The van der Waals surface area contributed by atoms with Gasteiger partial charge in [0.1, 0.15) is 11.6 Å². The van der Waals surface area contributed by atoms with Gasteiger partial charge in [0.15, 0.2) is 0 Å². The third kappa shape index (κ3) is 3.66. The van der Waals surface area contributed by atoms with E-state index in [0.717, 1.165) is 38.7 Å². The van der Waals surface area contributed by atoms with E-state index in [9.17, 15) is 4.79 Å². The Morgan fingerprint density at radius 3 is 2.80 bits per heavy atom. The first-order valence-electron chi connectivity index (χ1n) is 7.08. The molecule has 0 amide bonds. The van der Waals surface area contributed by atoms with Crippen LogP contribution in [0, 0.1) is 11.3 Å². The van der Waals surface area contributed by atoms with Gasteiger partial charge in [-0.15, -0.1) is 0 Å². The third-order valence-corrected chi connectivity index (χ3v) is 3.31. The molecule has 6 nitrogen and oxygen atoms in total. The molecule has 1 aromatic rings. The monoisotopic (exact) mass is 278 g/mol. The number of aromatic amines is 1. The summed E-state index contributed by atoms with van der Waals surface area (Å²) in [5.74, 6) is 1.61. The Kier molecular flexibility index (Phi) is 4.89. The molecule has 3 N–H and O–H groups in total. The second-order valence-electron chi connectivity index (χ2n) is 5.55. The van der Waals surface area contributed by atoms with Gasteiger partial charge < -0.3 is 20.4 Å². The number of hydrogen-bond acceptors (Lipinski definition) is 5. The van der Waals surface area contributed by atoms with E-state index < -0.39 is 0 Å². The summed E-state index contributed by atoms with van der Waals surface area (Å²) in [7, 11) is 0. The maximum atomic E-state index is 12.0. The van der Waals surface area contributed by atoms with Crippen LogP contribution in [0.25, 0.3) is 0 Å². The number of hydrogen-bond donors (Lipinski definition) is 3. The second-order valence-corrected chi connectivity index (χ2v) is 5.55. The van der Waals surface area contributed by atoms with Crippen LogP contribution in [0.4, 0.5) is 5.82 Å². The van der Waals surface area contributed by atoms with Gasteiger partial charge in [-0.05, 0) is 18.8 Å². The number of rotatable bonds is 5. The van der Waals surface area contributed by atoms with Crippen LogP contribution in [0.3, 0.4) is 0 Å². The zero-order chi connectivity index (χ0) is 14.5. The molecule has 0 unspecified atom stereocenters. The van der Waals surface area contributed by atoms with Crippen LogP contribution < -0.4 is 10.9 Å². The SMILES string of the molecule is CC(C)Cc1nc(NC2CCOCC2)c(C=N)c(=O)[nH]1. The number of nitrogens with zero attached hydrogens (tertiary/aromatic N) is 1. The fourth-order valence-corrected chi connectivity index (χ4v) is 2.29. The van der Waals surface area contributed by atoms with Gasteiger partial charge in [-0.25, -0.2) is 4.98 Å². The Bertz CT molecular complexity index is 518. The highest BCUT2D eigenvalue weighted by atomic mass is 16.5. The molecule has 6 heteroatoms. The lowest BCUT2D eigenvalue weighted by Gasteiger charge is -2.24. The highest BCUT2D eigenvalue weighted by molar-refractivity contribution is 5.83. The van der Waals surface area contributed by atoms with Gasteiger partial charge in [-0.3, -0.25) is 4.79 Å². The van der Waals surface area contributed by atoms with Crippen LogP contribution >= 0.6 is 0 Å². The van der Waals surface area contributed by atoms with Crippen molar-refractivity contribution >= 4 is 12.0 Å². The average molecular weight is 278 g/mol. The van der Waals surface area contributed by atoms with E-state index in [0.29, 0.717) is 23.1 Å². The summed E-state index contributed by atoms with van der Waals surface area (Å²) in [5.41, 5.74) is 0.0456. The van der Waals surface area contributed by atoms with E-state index in [1.54, 1.807) is 0 Å². The van der Waals surface area contributed by atoms with E-state index >= 15 is 0 Å². The second kappa shape index (κ2) is 6.65. The largest absolute Gasteiger partial charge is 0.381 e. The normalized spacial score (nSPS) is 16.4. The number of aromatic nitrogens is 2. The molecule has 110 valence electrons. The molecule has 0 spiro atoms. The molecule has 1 fully saturated rings. The molecule has 2 heterocycles. The molecule has 0 atom stereocenters. The predicted octanol–water partition coefficient (Wildman–Crippen LogP) is 1.56. The topological polar surface area (TPSA) is 90.9 Å². The molecular formula is C14H22N4O2. The van der Waals surface area contributed by atoms with Crippen LogP contribution in [0.1, 0.15) is 38.1 Å². The lowest BCUT2D eigenvalue weighted by molar-refractivity contribution is 0.0904. The molecule has 1 aliphatic rings. The molecule has 20 heavy (non-hydrogen) atoms. The third-order valence-electron chi connectivity index (χ3n) is 3.31. The lowest BCUT2D eigenvalue weighted by atomic mass is 10.1. The summed E-state index contributed by atoms with van der Waals surface area (Å²) in [6.45, 7) is 5.60. The van der Waals surface area contributed by atoms with Crippen molar-refractivity contribution in [1.82, 2.24) is 9.97 Å².